The first kappa shape index (κ1) is 14.6. The van der Waals surface area contributed by atoms with Gasteiger partial charge >= 0.3 is 6.03 Å². The van der Waals surface area contributed by atoms with Crippen LogP contribution in [0.3, 0.4) is 0 Å². The van der Waals surface area contributed by atoms with E-state index < -0.39 is 6.03 Å². The predicted octanol–water partition coefficient (Wildman–Crippen LogP) is 1.12. The third-order valence-corrected chi connectivity index (χ3v) is 3.16. The van der Waals surface area contributed by atoms with E-state index in [-0.39, 0.29) is 22.6 Å². The van der Waals surface area contributed by atoms with Crippen LogP contribution in [0.4, 0.5) is 4.79 Å². The Labute approximate surface area is 120 Å². The van der Waals surface area contributed by atoms with Crippen LogP contribution >= 0.6 is 0 Å². The topological polar surface area (TPSA) is 110 Å². The molecule has 2 rings (SSSR count). The van der Waals surface area contributed by atoms with E-state index in [0.29, 0.717) is 17.4 Å². The van der Waals surface area contributed by atoms with Crippen molar-refractivity contribution in [2.75, 3.05) is 0 Å². The Morgan fingerprint density at radius 2 is 2.10 bits per heavy atom. The molecule has 0 radical (unpaired) electrons. The van der Waals surface area contributed by atoms with Crippen LogP contribution < -0.4 is 16.7 Å². The van der Waals surface area contributed by atoms with Gasteiger partial charge in [0, 0.05) is 11.9 Å². The van der Waals surface area contributed by atoms with E-state index in [1.165, 1.54) is 11.5 Å². The van der Waals surface area contributed by atoms with E-state index in [4.69, 9.17) is 5.73 Å². The SMILES string of the molecule is CCn1c(=O)c(/C(C)=N\NC(N)=O)c(O)c2ccccc21. The lowest BCUT2D eigenvalue weighted by molar-refractivity contribution is 0.249. The number of amides is 2. The number of hydrazone groups is 1. The van der Waals surface area contributed by atoms with Gasteiger partial charge in [0.15, 0.2) is 0 Å². The Kier molecular flexibility index (Phi) is 3.93. The number of hydrogen-bond donors (Lipinski definition) is 3. The van der Waals surface area contributed by atoms with Crippen LogP contribution in [0, 0.1) is 0 Å². The number of hydrogen-bond acceptors (Lipinski definition) is 4. The molecule has 2 amide bonds. The van der Waals surface area contributed by atoms with E-state index in [1.54, 1.807) is 24.3 Å². The maximum atomic E-state index is 12.5. The van der Waals surface area contributed by atoms with Gasteiger partial charge < -0.3 is 15.4 Å². The number of urea groups is 1. The molecule has 0 saturated carbocycles. The summed E-state index contributed by atoms with van der Waals surface area (Å²) in [5, 5.41) is 14.6. The van der Waals surface area contributed by atoms with Crippen LogP contribution in [0.25, 0.3) is 10.9 Å². The summed E-state index contributed by atoms with van der Waals surface area (Å²) in [6, 6.07) is 6.20. The van der Waals surface area contributed by atoms with E-state index in [0.717, 1.165) is 0 Å². The summed E-state index contributed by atoms with van der Waals surface area (Å²) in [5.74, 6) is -0.159. The summed E-state index contributed by atoms with van der Waals surface area (Å²) in [7, 11) is 0. The van der Waals surface area contributed by atoms with Gasteiger partial charge in [0.2, 0.25) is 0 Å². The molecular formula is C14H16N4O3. The highest BCUT2D eigenvalue weighted by Gasteiger charge is 2.17. The third-order valence-electron chi connectivity index (χ3n) is 3.16. The summed E-state index contributed by atoms with van der Waals surface area (Å²) in [6.45, 7) is 3.80. The molecule has 0 fully saturated rings. The summed E-state index contributed by atoms with van der Waals surface area (Å²) in [4.78, 5) is 23.2. The largest absolute Gasteiger partial charge is 0.506 e. The molecule has 1 heterocycles. The van der Waals surface area contributed by atoms with Crippen LogP contribution in [0.5, 0.6) is 5.75 Å². The number of aromatic hydroxyl groups is 1. The predicted molar refractivity (Wildman–Crippen MR) is 80.5 cm³/mol. The molecule has 110 valence electrons. The standard InChI is InChI=1S/C14H16N4O3/c1-3-18-10-7-5-4-6-9(10)12(19)11(13(18)20)8(2)16-17-14(15)21/h4-7,19H,3H2,1-2H3,(H3,15,17,21)/b16-8-. The van der Waals surface area contributed by atoms with Gasteiger partial charge in [0.25, 0.3) is 5.56 Å². The zero-order chi connectivity index (χ0) is 15.6. The first-order chi connectivity index (χ1) is 9.97. The fourth-order valence-corrected chi connectivity index (χ4v) is 2.22. The molecule has 0 aliphatic carbocycles. The molecule has 0 unspecified atom stereocenters. The number of pyridine rings is 1. The average Bonchev–Trinajstić information content (AvgIpc) is 2.46. The van der Waals surface area contributed by atoms with Crippen molar-refractivity contribution >= 4 is 22.6 Å². The van der Waals surface area contributed by atoms with E-state index >= 15 is 0 Å². The molecule has 0 bridgehead atoms. The Bertz CT molecular complexity index is 793. The quantitative estimate of drug-likeness (QED) is 0.581. The fraction of sp³-hybridized carbons (Fsp3) is 0.214. The van der Waals surface area contributed by atoms with Gasteiger partial charge in [-0.25, -0.2) is 10.2 Å². The Morgan fingerprint density at radius 3 is 2.71 bits per heavy atom. The first-order valence-electron chi connectivity index (χ1n) is 6.42. The molecular weight excluding hydrogens is 272 g/mol. The monoisotopic (exact) mass is 288 g/mol. The third kappa shape index (κ3) is 2.58. The maximum Gasteiger partial charge on any atom is 0.332 e. The number of nitrogens with zero attached hydrogens (tertiary/aromatic N) is 2. The van der Waals surface area contributed by atoms with Crippen LogP contribution in [0.1, 0.15) is 19.4 Å². The fourth-order valence-electron chi connectivity index (χ4n) is 2.22. The van der Waals surface area contributed by atoms with Gasteiger partial charge in [-0.1, -0.05) is 12.1 Å². The van der Waals surface area contributed by atoms with E-state index in [1.807, 2.05) is 6.92 Å². The van der Waals surface area contributed by atoms with Gasteiger partial charge in [-0.15, -0.1) is 0 Å². The normalized spacial score (nSPS) is 11.6. The number of primary amides is 1. The highest BCUT2D eigenvalue weighted by atomic mass is 16.3. The molecule has 1 aromatic carbocycles. The minimum atomic E-state index is -0.842. The van der Waals surface area contributed by atoms with Crippen molar-refractivity contribution in [1.29, 1.82) is 0 Å². The number of benzene rings is 1. The number of aromatic nitrogens is 1. The number of fused-ring (bicyclic) bond motifs is 1. The summed E-state index contributed by atoms with van der Waals surface area (Å²) in [5.41, 5.74) is 7.49. The Morgan fingerprint density at radius 1 is 1.43 bits per heavy atom. The molecule has 7 nitrogen and oxygen atoms in total. The zero-order valence-electron chi connectivity index (χ0n) is 11.8. The molecule has 0 aliphatic heterocycles. The molecule has 4 N–H and O–H groups in total. The number of nitrogens with one attached hydrogen (secondary N) is 1. The number of carbonyl (C=O) groups excluding carboxylic acids is 1. The van der Waals surface area contributed by atoms with Crippen molar-refractivity contribution in [3.05, 3.63) is 40.2 Å². The van der Waals surface area contributed by atoms with Gasteiger partial charge in [-0.2, -0.15) is 5.10 Å². The molecule has 7 heteroatoms. The van der Waals surface area contributed by atoms with Gasteiger partial charge in [0.1, 0.15) is 11.3 Å². The first-order valence-corrected chi connectivity index (χ1v) is 6.42. The minimum absolute atomic E-state index is 0.0456. The molecule has 0 saturated heterocycles. The van der Waals surface area contributed by atoms with Gasteiger partial charge in [-0.3, -0.25) is 4.79 Å². The smallest absolute Gasteiger partial charge is 0.332 e. The van der Waals surface area contributed by atoms with Crippen molar-refractivity contribution in [2.45, 2.75) is 20.4 Å². The van der Waals surface area contributed by atoms with Crippen molar-refractivity contribution in [1.82, 2.24) is 9.99 Å². The van der Waals surface area contributed by atoms with Crippen molar-refractivity contribution in [3.63, 3.8) is 0 Å². The number of carbonyl (C=O) groups is 1. The highest BCUT2D eigenvalue weighted by Crippen LogP contribution is 2.26. The van der Waals surface area contributed by atoms with Gasteiger partial charge in [0.05, 0.1) is 11.2 Å². The summed E-state index contributed by atoms with van der Waals surface area (Å²) < 4.78 is 1.54. The van der Waals surface area contributed by atoms with E-state index in [2.05, 4.69) is 10.5 Å². The zero-order valence-corrected chi connectivity index (χ0v) is 11.8. The van der Waals surface area contributed by atoms with Crippen molar-refractivity contribution in [2.24, 2.45) is 10.8 Å². The Balaban J connectivity index is 2.78. The second kappa shape index (κ2) is 5.66. The lowest BCUT2D eigenvalue weighted by atomic mass is 10.1. The molecule has 0 aliphatic rings. The van der Waals surface area contributed by atoms with Crippen LogP contribution in [0.15, 0.2) is 34.2 Å². The molecule has 0 spiro atoms. The summed E-state index contributed by atoms with van der Waals surface area (Å²) >= 11 is 0. The Hall–Kier alpha value is -2.83. The number of para-hydroxylation sites is 1. The summed E-state index contributed by atoms with van der Waals surface area (Å²) in [6.07, 6.45) is 0. The molecule has 21 heavy (non-hydrogen) atoms. The average molecular weight is 288 g/mol. The molecule has 2 aromatic rings. The second-order valence-electron chi connectivity index (χ2n) is 4.46. The second-order valence-corrected chi connectivity index (χ2v) is 4.46. The lowest BCUT2D eigenvalue weighted by Gasteiger charge is -2.13. The highest BCUT2D eigenvalue weighted by molar-refractivity contribution is 6.05. The molecule has 1 aromatic heterocycles. The van der Waals surface area contributed by atoms with E-state index in [9.17, 15) is 14.7 Å². The number of aryl methyl sites for hydroxylation is 1. The molecule has 0 atom stereocenters. The van der Waals surface area contributed by atoms with Gasteiger partial charge in [-0.05, 0) is 26.0 Å². The van der Waals surface area contributed by atoms with Crippen LogP contribution in [-0.4, -0.2) is 21.4 Å². The number of rotatable bonds is 3. The van der Waals surface area contributed by atoms with Crippen LogP contribution in [-0.2, 0) is 6.54 Å². The van der Waals surface area contributed by atoms with Crippen LogP contribution in [0.2, 0.25) is 0 Å². The van der Waals surface area contributed by atoms with Crippen molar-refractivity contribution in [3.8, 4) is 5.75 Å². The number of nitrogens with two attached hydrogens (primary N) is 1. The maximum absolute atomic E-state index is 12.5. The lowest BCUT2D eigenvalue weighted by Crippen LogP contribution is -2.29. The van der Waals surface area contributed by atoms with Crippen molar-refractivity contribution < 1.29 is 9.90 Å². The minimum Gasteiger partial charge on any atom is -0.506 e.